The van der Waals surface area contributed by atoms with Crippen molar-refractivity contribution >= 4 is 11.6 Å². The Bertz CT molecular complexity index is 671. The largest absolute Gasteiger partial charge is 0.489 e. The van der Waals surface area contributed by atoms with E-state index < -0.39 is 5.91 Å². The smallest absolute Gasteiger partial charge is 0.248 e. The first-order chi connectivity index (χ1) is 11.1. The van der Waals surface area contributed by atoms with E-state index in [2.05, 4.69) is 5.32 Å². The highest BCUT2D eigenvalue weighted by molar-refractivity contribution is 5.92. The van der Waals surface area contributed by atoms with Gasteiger partial charge in [0.15, 0.2) is 0 Å². The van der Waals surface area contributed by atoms with Crippen molar-refractivity contribution in [3.8, 4) is 5.75 Å². The molecular weight excluding hydrogens is 292 g/mol. The molecule has 0 unspecified atom stereocenters. The highest BCUT2D eigenvalue weighted by atomic mass is 16.5. The predicted octanol–water partition coefficient (Wildman–Crippen LogP) is 2.73. The van der Waals surface area contributed by atoms with Crippen LogP contribution in [0.2, 0.25) is 0 Å². The molecule has 23 heavy (non-hydrogen) atoms. The Morgan fingerprint density at radius 1 is 1.17 bits per heavy atom. The van der Waals surface area contributed by atoms with Crippen LogP contribution in [0.25, 0.3) is 0 Å². The summed E-state index contributed by atoms with van der Waals surface area (Å²) >= 11 is 0. The number of hydrogen-bond acceptors (Lipinski definition) is 4. The molecule has 5 heteroatoms. The van der Waals surface area contributed by atoms with Crippen LogP contribution in [-0.2, 0) is 11.3 Å². The molecule has 0 aliphatic rings. The third-order valence-electron chi connectivity index (χ3n) is 3.38. The maximum atomic E-state index is 11.2. The average molecular weight is 314 g/mol. The zero-order chi connectivity index (χ0) is 16.7. The second-order valence-electron chi connectivity index (χ2n) is 5.26. The molecular formula is C18H22N2O3. The highest BCUT2D eigenvalue weighted by Crippen LogP contribution is 2.26. The first-order valence-corrected chi connectivity index (χ1v) is 7.45. The van der Waals surface area contributed by atoms with Gasteiger partial charge >= 0.3 is 0 Å². The van der Waals surface area contributed by atoms with Crippen LogP contribution in [0.3, 0.4) is 0 Å². The fourth-order valence-corrected chi connectivity index (χ4v) is 2.16. The number of carbonyl (C=O) groups excluding carboxylic acids is 1. The van der Waals surface area contributed by atoms with Crippen molar-refractivity contribution in [1.82, 2.24) is 0 Å². The molecule has 0 atom stereocenters. The Morgan fingerprint density at radius 3 is 2.74 bits per heavy atom. The number of hydrogen-bond donors (Lipinski definition) is 2. The number of nitrogens with two attached hydrogens (primary N) is 1. The Kier molecular flexibility index (Phi) is 6.00. The second-order valence-corrected chi connectivity index (χ2v) is 5.26. The molecule has 0 spiro atoms. The average Bonchev–Trinajstić information content (AvgIpc) is 2.54. The SMILES string of the molecule is COCCOc1cc(C)ccc1NCc1cccc(C(N)=O)c1. The van der Waals surface area contributed by atoms with Gasteiger partial charge in [0.25, 0.3) is 0 Å². The summed E-state index contributed by atoms with van der Waals surface area (Å²) in [4.78, 5) is 11.2. The molecule has 0 aliphatic heterocycles. The number of benzene rings is 2. The van der Waals surface area contributed by atoms with Crippen molar-refractivity contribution in [2.75, 3.05) is 25.6 Å². The van der Waals surface area contributed by atoms with Crippen LogP contribution in [-0.4, -0.2) is 26.2 Å². The lowest BCUT2D eigenvalue weighted by Crippen LogP contribution is -2.11. The van der Waals surface area contributed by atoms with Crippen LogP contribution in [0.4, 0.5) is 5.69 Å². The van der Waals surface area contributed by atoms with E-state index in [1.807, 2.05) is 37.3 Å². The summed E-state index contributed by atoms with van der Waals surface area (Å²) in [6.45, 7) is 3.62. The van der Waals surface area contributed by atoms with Crippen LogP contribution in [0.1, 0.15) is 21.5 Å². The van der Waals surface area contributed by atoms with E-state index in [0.29, 0.717) is 25.3 Å². The number of nitrogens with one attached hydrogen (secondary N) is 1. The zero-order valence-corrected chi connectivity index (χ0v) is 13.5. The second kappa shape index (κ2) is 8.19. The van der Waals surface area contributed by atoms with Crippen LogP contribution in [0.15, 0.2) is 42.5 Å². The molecule has 3 N–H and O–H groups in total. The number of primary amides is 1. The maximum Gasteiger partial charge on any atom is 0.248 e. The van der Waals surface area contributed by atoms with Crippen LogP contribution in [0, 0.1) is 6.92 Å². The third-order valence-corrected chi connectivity index (χ3v) is 3.38. The van der Waals surface area contributed by atoms with Gasteiger partial charge in [-0.2, -0.15) is 0 Å². The standard InChI is InChI=1S/C18H22N2O3/c1-13-6-7-16(17(10-13)23-9-8-22-2)20-12-14-4-3-5-15(11-14)18(19)21/h3-7,10-11,20H,8-9,12H2,1-2H3,(H2,19,21). The van der Waals surface area contributed by atoms with Gasteiger partial charge in [-0.1, -0.05) is 18.2 Å². The summed E-state index contributed by atoms with van der Waals surface area (Å²) in [7, 11) is 1.64. The minimum absolute atomic E-state index is 0.425. The van der Waals surface area contributed by atoms with Gasteiger partial charge in [-0.3, -0.25) is 4.79 Å². The Hall–Kier alpha value is -2.53. The van der Waals surface area contributed by atoms with Gasteiger partial charge in [0.2, 0.25) is 5.91 Å². The number of carbonyl (C=O) groups is 1. The van der Waals surface area contributed by atoms with Gasteiger partial charge in [0.05, 0.1) is 12.3 Å². The van der Waals surface area contributed by atoms with Crippen molar-refractivity contribution in [3.63, 3.8) is 0 Å². The van der Waals surface area contributed by atoms with E-state index >= 15 is 0 Å². The number of amides is 1. The Balaban J connectivity index is 2.07. The number of aryl methyl sites for hydroxylation is 1. The van der Waals surface area contributed by atoms with Crippen molar-refractivity contribution in [2.24, 2.45) is 5.73 Å². The number of anilines is 1. The first kappa shape index (κ1) is 16.8. The minimum Gasteiger partial charge on any atom is -0.489 e. The first-order valence-electron chi connectivity index (χ1n) is 7.45. The normalized spacial score (nSPS) is 10.3. The van der Waals surface area contributed by atoms with E-state index in [1.165, 1.54) is 0 Å². The van der Waals surface area contributed by atoms with Crippen molar-refractivity contribution in [1.29, 1.82) is 0 Å². The summed E-state index contributed by atoms with van der Waals surface area (Å²) in [5, 5.41) is 3.33. The topological polar surface area (TPSA) is 73.6 Å². The summed E-state index contributed by atoms with van der Waals surface area (Å²) in [6.07, 6.45) is 0. The Morgan fingerprint density at radius 2 is 2.00 bits per heavy atom. The lowest BCUT2D eigenvalue weighted by Gasteiger charge is -2.14. The molecule has 0 saturated heterocycles. The van der Waals surface area contributed by atoms with Crippen LogP contribution in [0.5, 0.6) is 5.75 Å². The van der Waals surface area contributed by atoms with Crippen LogP contribution >= 0.6 is 0 Å². The van der Waals surface area contributed by atoms with E-state index in [9.17, 15) is 4.79 Å². The van der Waals surface area contributed by atoms with Gasteiger partial charge in [0, 0.05) is 19.2 Å². The summed E-state index contributed by atoms with van der Waals surface area (Å²) in [6, 6.07) is 13.2. The molecule has 2 aromatic rings. The molecule has 0 fully saturated rings. The summed E-state index contributed by atoms with van der Waals surface area (Å²) in [5.41, 5.74) is 8.81. The molecule has 0 aromatic heterocycles. The van der Waals surface area contributed by atoms with E-state index in [-0.39, 0.29) is 0 Å². The van der Waals surface area contributed by atoms with Gasteiger partial charge in [0.1, 0.15) is 12.4 Å². The lowest BCUT2D eigenvalue weighted by molar-refractivity contribution is 0.1000. The van der Waals surface area contributed by atoms with Crippen molar-refractivity contribution < 1.29 is 14.3 Å². The number of ether oxygens (including phenoxy) is 2. The number of rotatable bonds is 8. The molecule has 0 saturated carbocycles. The fourth-order valence-electron chi connectivity index (χ4n) is 2.16. The molecule has 2 aromatic carbocycles. The zero-order valence-electron chi connectivity index (χ0n) is 13.5. The van der Waals surface area contributed by atoms with E-state index in [1.54, 1.807) is 19.2 Å². The van der Waals surface area contributed by atoms with Crippen molar-refractivity contribution in [3.05, 3.63) is 59.2 Å². The van der Waals surface area contributed by atoms with Gasteiger partial charge in [-0.25, -0.2) is 0 Å². The van der Waals surface area contributed by atoms with Gasteiger partial charge < -0.3 is 20.5 Å². The molecule has 0 heterocycles. The van der Waals surface area contributed by atoms with E-state index in [0.717, 1.165) is 22.6 Å². The quantitative estimate of drug-likeness (QED) is 0.735. The van der Waals surface area contributed by atoms with Gasteiger partial charge in [-0.15, -0.1) is 0 Å². The van der Waals surface area contributed by atoms with E-state index in [4.69, 9.17) is 15.2 Å². The fraction of sp³-hybridized carbons (Fsp3) is 0.278. The molecule has 5 nitrogen and oxygen atoms in total. The molecule has 1 amide bonds. The molecule has 122 valence electrons. The molecule has 0 aliphatic carbocycles. The van der Waals surface area contributed by atoms with Crippen LogP contribution < -0.4 is 15.8 Å². The number of methoxy groups -OCH3 is 1. The molecule has 0 bridgehead atoms. The maximum absolute atomic E-state index is 11.2. The lowest BCUT2D eigenvalue weighted by atomic mass is 10.1. The monoisotopic (exact) mass is 314 g/mol. The highest BCUT2D eigenvalue weighted by Gasteiger charge is 2.06. The predicted molar refractivity (Wildman–Crippen MR) is 90.8 cm³/mol. The van der Waals surface area contributed by atoms with Gasteiger partial charge in [-0.05, 0) is 42.3 Å². The molecule has 2 rings (SSSR count). The minimum atomic E-state index is -0.425. The summed E-state index contributed by atoms with van der Waals surface area (Å²) in [5.74, 6) is 0.360. The molecule has 0 radical (unpaired) electrons. The third kappa shape index (κ3) is 5.00. The van der Waals surface area contributed by atoms with Crippen molar-refractivity contribution in [2.45, 2.75) is 13.5 Å². The Labute approximate surface area is 136 Å². The summed E-state index contributed by atoms with van der Waals surface area (Å²) < 4.78 is 10.8.